The molecule has 0 aromatic heterocycles. The molecule has 0 radical (unpaired) electrons. The van der Waals surface area contributed by atoms with Gasteiger partial charge < -0.3 is 5.32 Å². The van der Waals surface area contributed by atoms with Gasteiger partial charge in [0.1, 0.15) is 4.32 Å². The molecule has 98 valence electrons. The van der Waals surface area contributed by atoms with Crippen LogP contribution in [0.25, 0.3) is 0 Å². The normalized spacial score (nSPS) is 11.8. The Kier molecular flexibility index (Phi) is 5.43. The Hall–Kier alpha value is -1.32. The molecule has 3 heteroatoms. The van der Waals surface area contributed by atoms with Gasteiger partial charge >= 0.3 is 0 Å². The third-order valence-corrected chi connectivity index (χ3v) is 4.18. The maximum atomic E-state index is 5.38. The maximum absolute atomic E-state index is 5.38. The zero-order valence-corrected chi connectivity index (χ0v) is 12.5. The molecule has 2 rings (SSSR count). The summed E-state index contributed by atoms with van der Waals surface area (Å²) in [7, 11) is 0. The highest BCUT2D eigenvalue weighted by Crippen LogP contribution is 2.17. The SMILES string of the molecule is CC(NC(=S)SCc1ccccc1)c1ccccc1. The molecule has 1 nitrogen and oxygen atoms in total. The smallest absolute Gasteiger partial charge is 0.134 e. The lowest BCUT2D eigenvalue weighted by atomic mass is 10.1. The second-order valence-electron chi connectivity index (χ2n) is 4.34. The Bertz CT molecular complexity index is 511. The van der Waals surface area contributed by atoms with E-state index >= 15 is 0 Å². The molecule has 0 heterocycles. The van der Waals surface area contributed by atoms with Crippen molar-refractivity contribution in [2.75, 3.05) is 0 Å². The van der Waals surface area contributed by atoms with Gasteiger partial charge in [-0.3, -0.25) is 0 Å². The fourth-order valence-electron chi connectivity index (χ4n) is 1.77. The van der Waals surface area contributed by atoms with E-state index in [0.29, 0.717) is 0 Å². The molecule has 2 aromatic rings. The van der Waals surface area contributed by atoms with Crippen molar-refractivity contribution in [1.29, 1.82) is 0 Å². The molecule has 0 saturated carbocycles. The van der Waals surface area contributed by atoms with Gasteiger partial charge in [0.15, 0.2) is 0 Å². The van der Waals surface area contributed by atoms with E-state index in [4.69, 9.17) is 12.2 Å². The Balaban J connectivity index is 1.82. The van der Waals surface area contributed by atoms with Crippen molar-refractivity contribution >= 4 is 28.3 Å². The largest absolute Gasteiger partial charge is 0.364 e. The number of thiocarbonyl (C=S) groups is 1. The summed E-state index contributed by atoms with van der Waals surface area (Å²) in [6.45, 7) is 2.13. The van der Waals surface area contributed by atoms with Crippen molar-refractivity contribution in [2.24, 2.45) is 0 Å². The molecular formula is C16H17NS2. The Labute approximate surface area is 124 Å². The number of benzene rings is 2. The topological polar surface area (TPSA) is 12.0 Å². The second kappa shape index (κ2) is 7.31. The van der Waals surface area contributed by atoms with Crippen molar-refractivity contribution in [3.63, 3.8) is 0 Å². The third kappa shape index (κ3) is 4.69. The molecule has 0 amide bonds. The number of nitrogens with one attached hydrogen (secondary N) is 1. The number of hydrogen-bond acceptors (Lipinski definition) is 2. The first kappa shape index (κ1) is 14.1. The van der Waals surface area contributed by atoms with E-state index in [9.17, 15) is 0 Å². The summed E-state index contributed by atoms with van der Waals surface area (Å²) < 4.78 is 0.847. The van der Waals surface area contributed by atoms with Gasteiger partial charge in [0.2, 0.25) is 0 Å². The summed E-state index contributed by atoms with van der Waals surface area (Å²) in [5, 5.41) is 3.36. The first-order chi connectivity index (χ1) is 9.25. The van der Waals surface area contributed by atoms with E-state index in [1.54, 1.807) is 11.8 Å². The zero-order valence-electron chi connectivity index (χ0n) is 10.9. The lowest BCUT2D eigenvalue weighted by molar-refractivity contribution is 0.730. The van der Waals surface area contributed by atoms with Crippen LogP contribution in [0.5, 0.6) is 0 Å². The average Bonchev–Trinajstić information content (AvgIpc) is 2.47. The molecule has 1 unspecified atom stereocenters. The maximum Gasteiger partial charge on any atom is 0.134 e. The molecule has 2 aromatic carbocycles. The first-order valence-electron chi connectivity index (χ1n) is 6.28. The number of rotatable bonds is 4. The van der Waals surface area contributed by atoms with Crippen molar-refractivity contribution in [3.8, 4) is 0 Å². The van der Waals surface area contributed by atoms with E-state index in [0.717, 1.165) is 10.1 Å². The third-order valence-electron chi connectivity index (χ3n) is 2.85. The van der Waals surface area contributed by atoms with Gasteiger partial charge in [-0.15, -0.1) is 0 Å². The molecule has 0 aliphatic carbocycles. The van der Waals surface area contributed by atoms with Crippen LogP contribution in [0, 0.1) is 0 Å². The summed E-state index contributed by atoms with van der Waals surface area (Å²) in [5.41, 5.74) is 2.55. The summed E-state index contributed by atoms with van der Waals surface area (Å²) in [6, 6.07) is 21.0. The van der Waals surface area contributed by atoms with Crippen LogP contribution in [0.15, 0.2) is 60.7 Å². The van der Waals surface area contributed by atoms with E-state index in [2.05, 4.69) is 48.6 Å². The van der Waals surface area contributed by atoms with E-state index in [1.165, 1.54) is 11.1 Å². The summed E-state index contributed by atoms with van der Waals surface area (Å²) in [4.78, 5) is 0. The highest BCUT2D eigenvalue weighted by Gasteiger charge is 2.06. The summed E-state index contributed by atoms with van der Waals surface area (Å²) in [5.74, 6) is 0.911. The fraction of sp³-hybridized carbons (Fsp3) is 0.188. The summed E-state index contributed by atoms with van der Waals surface area (Å²) >= 11 is 7.05. The van der Waals surface area contributed by atoms with Gasteiger partial charge in [0, 0.05) is 11.8 Å². The molecule has 0 aliphatic rings. The van der Waals surface area contributed by atoms with Crippen LogP contribution >= 0.6 is 24.0 Å². The van der Waals surface area contributed by atoms with Gasteiger partial charge in [-0.1, -0.05) is 84.6 Å². The molecule has 0 aliphatic heterocycles. The molecule has 0 spiro atoms. The first-order valence-corrected chi connectivity index (χ1v) is 7.67. The minimum absolute atomic E-state index is 0.247. The summed E-state index contributed by atoms with van der Waals surface area (Å²) in [6.07, 6.45) is 0. The van der Waals surface area contributed by atoms with Gasteiger partial charge in [-0.2, -0.15) is 0 Å². The van der Waals surface area contributed by atoms with Gasteiger partial charge in [0.05, 0.1) is 0 Å². The van der Waals surface area contributed by atoms with Crippen LogP contribution in [0.3, 0.4) is 0 Å². The van der Waals surface area contributed by atoms with Crippen LogP contribution in [0.1, 0.15) is 24.1 Å². The minimum Gasteiger partial charge on any atom is -0.364 e. The second-order valence-corrected chi connectivity index (χ2v) is 5.99. The van der Waals surface area contributed by atoms with Crippen molar-refractivity contribution in [1.82, 2.24) is 5.32 Å². The highest BCUT2D eigenvalue weighted by molar-refractivity contribution is 8.22. The Morgan fingerprint density at radius 3 is 2.26 bits per heavy atom. The standard InChI is InChI=1S/C16H17NS2/c1-13(15-10-6-3-7-11-15)17-16(18)19-12-14-8-4-2-5-9-14/h2-11,13H,12H2,1H3,(H,17,18). The van der Waals surface area contributed by atoms with Crippen molar-refractivity contribution < 1.29 is 0 Å². The van der Waals surface area contributed by atoms with E-state index in [-0.39, 0.29) is 6.04 Å². The predicted molar refractivity (Wildman–Crippen MR) is 88.3 cm³/mol. The van der Waals surface area contributed by atoms with Crippen LogP contribution < -0.4 is 5.32 Å². The van der Waals surface area contributed by atoms with Gasteiger partial charge in [-0.05, 0) is 18.1 Å². The molecule has 1 atom stereocenters. The van der Waals surface area contributed by atoms with Crippen molar-refractivity contribution in [2.45, 2.75) is 18.7 Å². The quantitative estimate of drug-likeness (QED) is 0.828. The fourth-order valence-corrected chi connectivity index (χ4v) is 2.87. The average molecular weight is 287 g/mol. The van der Waals surface area contributed by atoms with E-state index in [1.807, 2.05) is 24.3 Å². The lowest BCUT2D eigenvalue weighted by Gasteiger charge is -2.15. The zero-order chi connectivity index (χ0) is 13.5. The number of hydrogen-bond donors (Lipinski definition) is 1. The highest BCUT2D eigenvalue weighted by atomic mass is 32.2. The van der Waals surface area contributed by atoms with Crippen LogP contribution in [0.4, 0.5) is 0 Å². The molecule has 1 N–H and O–H groups in total. The predicted octanol–water partition coefficient (Wildman–Crippen LogP) is 4.56. The van der Waals surface area contributed by atoms with Crippen LogP contribution in [-0.4, -0.2) is 4.32 Å². The van der Waals surface area contributed by atoms with Crippen LogP contribution in [0.2, 0.25) is 0 Å². The van der Waals surface area contributed by atoms with Gasteiger partial charge in [-0.25, -0.2) is 0 Å². The molecule has 0 saturated heterocycles. The van der Waals surface area contributed by atoms with Crippen molar-refractivity contribution in [3.05, 3.63) is 71.8 Å². The van der Waals surface area contributed by atoms with Gasteiger partial charge in [0.25, 0.3) is 0 Å². The number of thioether (sulfide) groups is 1. The lowest BCUT2D eigenvalue weighted by Crippen LogP contribution is -2.22. The van der Waals surface area contributed by atoms with Crippen LogP contribution in [-0.2, 0) is 5.75 Å². The molecule has 0 fully saturated rings. The molecule has 0 bridgehead atoms. The monoisotopic (exact) mass is 287 g/mol. The Morgan fingerprint density at radius 1 is 1.05 bits per heavy atom. The van der Waals surface area contributed by atoms with E-state index < -0.39 is 0 Å². The minimum atomic E-state index is 0.247. The Morgan fingerprint density at radius 2 is 1.63 bits per heavy atom. The molecule has 19 heavy (non-hydrogen) atoms. The molecular weight excluding hydrogens is 270 g/mol.